The van der Waals surface area contributed by atoms with Gasteiger partial charge in [-0.2, -0.15) is 5.10 Å². The first-order chi connectivity index (χ1) is 14.3. The molecule has 0 bridgehead atoms. The van der Waals surface area contributed by atoms with E-state index in [1.54, 1.807) is 6.07 Å². The molecule has 0 saturated carbocycles. The number of non-ortho nitro benzene ring substituents is 2. The number of anilines is 1. The summed E-state index contributed by atoms with van der Waals surface area (Å²) in [5.41, 5.74) is 3.70. The highest BCUT2D eigenvalue weighted by atomic mass is 16.6. The number of carbonyl (C=O) groups is 1. The third-order valence-corrected chi connectivity index (χ3v) is 4.89. The van der Waals surface area contributed by atoms with Crippen molar-refractivity contribution in [3.63, 3.8) is 0 Å². The molecule has 2 aromatic rings. The summed E-state index contributed by atoms with van der Waals surface area (Å²) in [4.78, 5) is 36.6. The molecule has 30 heavy (non-hydrogen) atoms. The van der Waals surface area contributed by atoms with Crippen LogP contribution in [0.2, 0.25) is 0 Å². The monoisotopic (exact) mass is 413 g/mol. The number of nitrogens with one attached hydrogen (secondary N) is 2. The third kappa shape index (κ3) is 4.94. The van der Waals surface area contributed by atoms with Crippen LogP contribution in [0.4, 0.5) is 17.1 Å². The van der Waals surface area contributed by atoms with Crippen LogP contribution in [-0.4, -0.2) is 55.2 Å². The maximum atomic E-state index is 12.2. The number of nitrogens with zero attached hydrogens (tertiary/aromatic N) is 4. The van der Waals surface area contributed by atoms with E-state index in [2.05, 4.69) is 22.5 Å². The Hall–Kier alpha value is -3.86. The van der Waals surface area contributed by atoms with Gasteiger partial charge in [0, 0.05) is 41.1 Å². The number of rotatable bonds is 6. The maximum absolute atomic E-state index is 12.2. The van der Waals surface area contributed by atoms with Crippen LogP contribution in [0.25, 0.3) is 0 Å². The van der Waals surface area contributed by atoms with Crippen molar-refractivity contribution < 1.29 is 19.5 Å². The summed E-state index contributed by atoms with van der Waals surface area (Å²) in [6.45, 7) is 3.51. The van der Waals surface area contributed by atoms with Gasteiger partial charge in [0.2, 0.25) is 0 Å². The van der Waals surface area contributed by atoms with Gasteiger partial charge in [-0.1, -0.05) is 0 Å². The minimum absolute atomic E-state index is 0.0679. The average molecular weight is 413 g/mol. The van der Waals surface area contributed by atoms with Crippen molar-refractivity contribution in [2.75, 3.05) is 38.1 Å². The van der Waals surface area contributed by atoms with E-state index in [1.807, 2.05) is 0 Å². The van der Waals surface area contributed by atoms with Crippen molar-refractivity contribution >= 4 is 29.2 Å². The minimum atomic E-state index is -0.552. The second kappa shape index (κ2) is 9.09. The lowest BCUT2D eigenvalue weighted by Gasteiger charge is -2.32. The summed E-state index contributed by atoms with van der Waals surface area (Å²) in [6, 6.07) is 9.68. The van der Waals surface area contributed by atoms with E-state index in [4.69, 9.17) is 0 Å². The second-order valence-corrected chi connectivity index (χ2v) is 6.95. The van der Waals surface area contributed by atoms with Crippen LogP contribution in [0, 0.1) is 20.2 Å². The molecule has 2 N–H and O–H groups in total. The van der Waals surface area contributed by atoms with Gasteiger partial charge in [-0.25, -0.2) is 5.43 Å². The first kappa shape index (κ1) is 20.9. The number of benzene rings is 2. The summed E-state index contributed by atoms with van der Waals surface area (Å²) < 4.78 is 0. The fourth-order valence-electron chi connectivity index (χ4n) is 3.14. The predicted octanol–water partition coefficient (Wildman–Crippen LogP) is 0.602. The Morgan fingerprint density at radius 3 is 2.27 bits per heavy atom. The van der Waals surface area contributed by atoms with Gasteiger partial charge in [0.15, 0.2) is 0 Å². The van der Waals surface area contributed by atoms with Gasteiger partial charge >= 0.3 is 0 Å². The van der Waals surface area contributed by atoms with Crippen LogP contribution in [0.15, 0.2) is 47.6 Å². The maximum Gasteiger partial charge on any atom is 0.271 e. The quantitative estimate of drug-likeness (QED) is 0.404. The van der Waals surface area contributed by atoms with Gasteiger partial charge < -0.3 is 9.80 Å². The number of nitro groups is 2. The van der Waals surface area contributed by atoms with Crippen LogP contribution in [0.1, 0.15) is 15.9 Å². The van der Waals surface area contributed by atoms with E-state index in [-0.39, 0.29) is 16.9 Å². The largest absolute Gasteiger partial charge is 0.360 e. The first-order valence-electron chi connectivity index (χ1n) is 9.27. The van der Waals surface area contributed by atoms with Crippen LogP contribution in [0.5, 0.6) is 0 Å². The number of hydrogen-bond donors (Lipinski definition) is 2. The fraction of sp³-hybridized carbons (Fsp3) is 0.263. The molecular weight excluding hydrogens is 392 g/mol. The summed E-state index contributed by atoms with van der Waals surface area (Å²) in [6.07, 6.45) is 1.37. The lowest BCUT2D eigenvalue weighted by molar-refractivity contribution is -0.880. The molecule has 1 fully saturated rings. The van der Waals surface area contributed by atoms with E-state index in [9.17, 15) is 25.0 Å². The van der Waals surface area contributed by atoms with Crippen LogP contribution >= 0.6 is 0 Å². The number of piperazine rings is 1. The number of nitro benzene ring substituents is 2. The number of quaternary nitrogens is 1. The topological polar surface area (TPSA) is 135 Å². The lowest BCUT2D eigenvalue weighted by atomic mass is 10.1. The van der Waals surface area contributed by atoms with Gasteiger partial charge in [-0.3, -0.25) is 25.0 Å². The molecule has 1 saturated heterocycles. The average Bonchev–Trinajstić information content (AvgIpc) is 2.74. The van der Waals surface area contributed by atoms with Gasteiger partial charge in [0.05, 0.1) is 49.3 Å². The smallest absolute Gasteiger partial charge is 0.271 e. The molecule has 0 atom stereocenters. The Morgan fingerprint density at radius 2 is 1.67 bits per heavy atom. The van der Waals surface area contributed by atoms with Crippen molar-refractivity contribution in [3.05, 3.63) is 73.8 Å². The lowest BCUT2D eigenvalue weighted by Crippen LogP contribution is -3.12. The Bertz CT molecular complexity index is 983. The summed E-state index contributed by atoms with van der Waals surface area (Å²) in [5, 5.41) is 25.8. The molecule has 0 radical (unpaired) electrons. The molecule has 0 unspecified atom stereocenters. The minimum Gasteiger partial charge on any atom is -0.360 e. The number of amides is 1. The zero-order chi connectivity index (χ0) is 21.7. The molecule has 1 aliphatic rings. The molecule has 2 aromatic carbocycles. The Balaban J connectivity index is 1.77. The second-order valence-electron chi connectivity index (χ2n) is 6.95. The molecule has 0 aromatic heterocycles. The summed E-state index contributed by atoms with van der Waals surface area (Å²) >= 11 is 0. The number of likely N-dealkylation sites (N-methyl/N-ethyl adjacent to an activating group) is 1. The molecule has 11 heteroatoms. The van der Waals surface area contributed by atoms with E-state index in [0.717, 1.165) is 31.9 Å². The van der Waals surface area contributed by atoms with Crippen LogP contribution < -0.4 is 15.2 Å². The zero-order valence-corrected chi connectivity index (χ0v) is 16.3. The fourth-order valence-corrected chi connectivity index (χ4v) is 3.14. The number of hydrazone groups is 1. The van der Waals surface area contributed by atoms with Gasteiger partial charge in [0.25, 0.3) is 17.3 Å². The number of hydrogen-bond acceptors (Lipinski definition) is 7. The van der Waals surface area contributed by atoms with Crippen molar-refractivity contribution in [1.29, 1.82) is 0 Å². The van der Waals surface area contributed by atoms with Crippen molar-refractivity contribution in [2.45, 2.75) is 0 Å². The van der Waals surface area contributed by atoms with Crippen molar-refractivity contribution in [1.82, 2.24) is 5.43 Å². The van der Waals surface area contributed by atoms with E-state index >= 15 is 0 Å². The molecule has 1 aliphatic heterocycles. The molecule has 0 spiro atoms. The summed E-state index contributed by atoms with van der Waals surface area (Å²) in [5.74, 6) is -0.545. The van der Waals surface area contributed by atoms with Crippen molar-refractivity contribution in [3.8, 4) is 0 Å². The predicted molar refractivity (Wildman–Crippen MR) is 110 cm³/mol. The SMILES string of the molecule is C[NH+]1CCN(c2ccc([N+](=O)[O-])cc2/C=N\NC(=O)c2ccc([N+](=O)[O-])cc2)CC1. The van der Waals surface area contributed by atoms with Gasteiger partial charge in [0.1, 0.15) is 0 Å². The van der Waals surface area contributed by atoms with Crippen LogP contribution in [0.3, 0.4) is 0 Å². The third-order valence-electron chi connectivity index (χ3n) is 4.89. The summed E-state index contributed by atoms with van der Waals surface area (Å²) in [7, 11) is 2.11. The Kier molecular flexibility index (Phi) is 6.32. The normalized spacial score (nSPS) is 14.6. The van der Waals surface area contributed by atoms with E-state index < -0.39 is 15.8 Å². The highest BCUT2D eigenvalue weighted by Gasteiger charge is 2.20. The molecule has 3 rings (SSSR count). The Labute approximate surface area is 171 Å². The zero-order valence-electron chi connectivity index (χ0n) is 16.3. The van der Waals surface area contributed by atoms with Crippen molar-refractivity contribution in [2.24, 2.45) is 5.10 Å². The van der Waals surface area contributed by atoms with Gasteiger partial charge in [-0.05, 0) is 18.2 Å². The molecular formula is C19H21N6O5+. The highest BCUT2D eigenvalue weighted by molar-refractivity contribution is 5.96. The highest BCUT2D eigenvalue weighted by Crippen LogP contribution is 2.24. The van der Waals surface area contributed by atoms with E-state index in [0.29, 0.717) is 5.56 Å². The Morgan fingerprint density at radius 1 is 1.07 bits per heavy atom. The van der Waals surface area contributed by atoms with Crippen LogP contribution in [-0.2, 0) is 0 Å². The van der Waals surface area contributed by atoms with E-state index in [1.165, 1.54) is 47.5 Å². The standard InChI is InChI=1S/C19H20N6O5/c1-22-8-10-23(11-9-22)18-7-6-17(25(29)30)12-15(18)13-20-21-19(26)14-2-4-16(5-3-14)24(27)28/h2-7,12-13H,8-11H2,1H3,(H,21,26)/p+1/b20-13-. The number of carbonyl (C=O) groups excluding carboxylic acids is 1. The molecule has 1 heterocycles. The van der Waals surface area contributed by atoms with Gasteiger partial charge in [-0.15, -0.1) is 0 Å². The molecule has 11 nitrogen and oxygen atoms in total. The molecule has 0 aliphatic carbocycles. The first-order valence-corrected chi connectivity index (χ1v) is 9.27. The molecule has 156 valence electrons. The molecule has 1 amide bonds.